The van der Waals surface area contributed by atoms with E-state index >= 15 is 0 Å². The monoisotopic (exact) mass is 430 g/mol. The molecule has 0 saturated carbocycles. The zero-order valence-electron chi connectivity index (χ0n) is 17.3. The molecule has 3 N–H and O–H groups in total. The Labute approximate surface area is 181 Å². The minimum absolute atomic E-state index is 0.145. The summed E-state index contributed by atoms with van der Waals surface area (Å²) in [6.07, 6.45) is 4.90. The van der Waals surface area contributed by atoms with E-state index in [4.69, 9.17) is 0 Å². The number of nitrogens with one attached hydrogen (secondary N) is 3. The number of carbonyl (C=O) groups excluding carboxylic acids is 2. The molecule has 1 heterocycles. The smallest absolute Gasteiger partial charge is 0.251 e. The van der Waals surface area contributed by atoms with Crippen LogP contribution in [0.1, 0.15) is 43.0 Å². The van der Waals surface area contributed by atoms with Crippen LogP contribution in [-0.2, 0) is 4.79 Å². The van der Waals surface area contributed by atoms with Gasteiger partial charge in [-0.05, 0) is 61.7 Å². The minimum Gasteiger partial charge on any atom is -0.352 e. The van der Waals surface area contributed by atoms with Gasteiger partial charge in [0.1, 0.15) is 5.82 Å². The Kier molecular flexibility index (Phi) is 8.28. The number of rotatable bonds is 8. The molecule has 0 bridgehead atoms. The largest absolute Gasteiger partial charge is 0.352 e. The van der Waals surface area contributed by atoms with Gasteiger partial charge in [0, 0.05) is 35.2 Å². The molecule has 2 aromatic carbocycles. The van der Waals surface area contributed by atoms with Gasteiger partial charge < -0.3 is 15.5 Å². The van der Waals surface area contributed by atoms with Crippen molar-refractivity contribution in [2.24, 2.45) is 0 Å². The Hall–Kier alpha value is -2.38. The molecule has 1 fully saturated rings. The molecular formula is C23H29FN3O2S+. The minimum atomic E-state index is -0.296. The first-order valence-corrected chi connectivity index (χ1v) is 11.3. The molecule has 1 aliphatic rings. The molecule has 1 saturated heterocycles. The molecule has 5 nitrogen and oxygen atoms in total. The van der Waals surface area contributed by atoms with E-state index in [0.717, 1.165) is 22.8 Å². The van der Waals surface area contributed by atoms with E-state index in [9.17, 15) is 14.0 Å². The zero-order chi connectivity index (χ0) is 21.3. The lowest BCUT2D eigenvalue weighted by Crippen LogP contribution is -3.12. The number of hydrogen-bond acceptors (Lipinski definition) is 3. The second-order valence-electron chi connectivity index (χ2n) is 7.62. The highest BCUT2D eigenvalue weighted by Gasteiger charge is 2.14. The molecule has 3 rings (SSSR count). The van der Waals surface area contributed by atoms with Crippen molar-refractivity contribution >= 4 is 29.3 Å². The van der Waals surface area contributed by atoms with Crippen LogP contribution in [0.15, 0.2) is 52.3 Å². The molecule has 1 aliphatic heterocycles. The third-order valence-electron chi connectivity index (χ3n) is 5.15. The molecule has 0 radical (unpaired) electrons. The van der Waals surface area contributed by atoms with Gasteiger partial charge in [0.2, 0.25) is 5.91 Å². The summed E-state index contributed by atoms with van der Waals surface area (Å²) < 4.78 is 13.1. The lowest BCUT2D eigenvalue weighted by Gasteiger charge is -2.23. The molecule has 0 unspecified atom stereocenters. The van der Waals surface area contributed by atoms with Crippen molar-refractivity contribution in [2.75, 3.05) is 31.5 Å². The SMILES string of the molecule is CC(=O)Nc1cc(C(=O)NCCC[NH+]2CCCCC2)ccc1Sc1ccc(F)cc1. The van der Waals surface area contributed by atoms with Crippen LogP contribution in [0.25, 0.3) is 0 Å². The highest BCUT2D eigenvalue weighted by atomic mass is 32.2. The summed E-state index contributed by atoms with van der Waals surface area (Å²) in [6, 6.07) is 11.4. The van der Waals surface area contributed by atoms with Crippen molar-refractivity contribution in [1.82, 2.24) is 5.32 Å². The fraction of sp³-hybridized carbons (Fsp3) is 0.391. The van der Waals surface area contributed by atoms with Crippen LogP contribution in [0.3, 0.4) is 0 Å². The first-order valence-electron chi connectivity index (χ1n) is 10.5. The van der Waals surface area contributed by atoms with Crippen molar-refractivity contribution in [1.29, 1.82) is 0 Å². The van der Waals surface area contributed by atoms with Crippen molar-refractivity contribution in [3.8, 4) is 0 Å². The zero-order valence-corrected chi connectivity index (χ0v) is 18.1. The van der Waals surface area contributed by atoms with Gasteiger partial charge in [-0.1, -0.05) is 11.8 Å². The van der Waals surface area contributed by atoms with Crippen LogP contribution in [0.5, 0.6) is 0 Å². The van der Waals surface area contributed by atoms with E-state index in [2.05, 4.69) is 10.6 Å². The lowest BCUT2D eigenvalue weighted by atomic mass is 10.1. The van der Waals surface area contributed by atoms with Gasteiger partial charge in [0.15, 0.2) is 0 Å². The van der Waals surface area contributed by atoms with E-state index in [-0.39, 0.29) is 17.6 Å². The number of piperidine rings is 1. The van der Waals surface area contributed by atoms with Gasteiger partial charge in [0.25, 0.3) is 5.91 Å². The molecule has 0 aliphatic carbocycles. The van der Waals surface area contributed by atoms with Gasteiger partial charge in [-0.2, -0.15) is 0 Å². The van der Waals surface area contributed by atoms with Crippen molar-refractivity contribution in [3.63, 3.8) is 0 Å². The molecular weight excluding hydrogens is 401 g/mol. The molecule has 0 spiro atoms. The average molecular weight is 431 g/mol. The predicted molar refractivity (Wildman–Crippen MR) is 118 cm³/mol. The lowest BCUT2D eigenvalue weighted by molar-refractivity contribution is -0.904. The second-order valence-corrected chi connectivity index (χ2v) is 8.73. The Morgan fingerprint density at radius 2 is 1.80 bits per heavy atom. The first-order chi connectivity index (χ1) is 14.5. The van der Waals surface area contributed by atoms with Gasteiger partial charge in [-0.3, -0.25) is 9.59 Å². The normalized spacial score (nSPS) is 14.3. The highest BCUT2D eigenvalue weighted by molar-refractivity contribution is 7.99. The highest BCUT2D eigenvalue weighted by Crippen LogP contribution is 2.34. The molecule has 0 aromatic heterocycles. The third-order valence-corrected chi connectivity index (χ3v) is 6.23. The number of likely N-dealkylation sites (tertiary alicyclic amines) is 1. The Morgan fingerprint density at radius 3 is 2.50 bits per heavy atom. The molecule has 160 valence electrons. The topological polar surface area (TPSA) is 62.6 Å². The summed E-state index contributed by atoms with van der Waals surface area (Å²) in [7, 11) is 0. The van der Waals surface area contributed by atoms with E-state index < -0.39 is 0 Å². The summed E-state index contributed by atoms with van der Waals surface area (Å²) in [5.74, 6) is -0.651. The maximum absolute atomic E-state index is 13.1. The van der Waals surface area contributed by atoms with E-state index in [1.54, 1.807) is 29.2 Å². The summed E-state index contributed by atoms with van der Waals surface area (Å²) in [5.41, 5.74) is 1.08. The van der Waals surface area contributed by atoms with Crippen molar-refractivity contribution in [3.05, 3.63) is 53.8 Å². The fourth-order valence-corrected chi connectivity index (χ4v) is 4.50. The van der Waals surface area contributed by atoms with E-state index in [0.29, 0.717) is 17.8 Å². The number of anilines is 1. The Morgan fingerprint density at radius 1 is 1.07 bits per heavy atom. The summed E-state index contributed by atoms with van der Waals surface area (Å²) in [5, 5.41) is 5.77. The summed E-state index contributed by atoms with van der Waals surface area (Å²) in [4.78, 5) is 27.5. The number of hydrogen-bond donors (Lipinski definition) is 3. The summed E-state index contributed by atoms with van der Waals surface area (Å²) in [6.45, 7) is 5.64. The van der Waals surface area contributed by atoms with E-state index in [1.807, 2.05) is 6.07 Å². The predicted octanol–water partition coefficient (Wildman–Crippen LogP) is 3.12. The molecule has 0 atom stereocenters. The van der Waals surface area contributed by atoms with Crippen LogP contribution in [0.4, 0.5) is 10.1 Å². The number of benzene rings is 2. The number of amides is 2. The Balaban J connectivity index is 1.60. The summed E-state index contributed by atoms with van der Waals surface area (Å²) >= 11 is 1.41. The number of quaternary nitrogens is 1. The third kappa shape index (κ3) is 6.85. The fourth-order valence-electron chi connectivity index (χ4n) is 3.62. The van der Waals surface area contributed by atoms with Crippen molar-refractivity contribution < 1.29 is 18.9 Å². The maximum atomic E-state index is 13.1. The van der Waals surface area contributed by atoms with Crippen LogP contribution in [0.2, 0.25) is 0 Å². The Bertz CT molecular complexity index is 867. The van der Waals surface area contributed by atoms with Gasteiger partial charge in [-0.15, -0.1) is 0 Å². The standard InChI is InChI=1S/C23H28FN3O2S/c1-17(28)26-21-16-18(6-11-22(21)30-20-9-7-19(24)8-10-20)23(29)25-12-5-15-27-13-3-2-4-14-27/h6-11,16H,2-5,12-15H2,1H3,(H,25,29)(H,26,28)/p+1. The van der Waals surface area contributed by atoms with Gasteiger partial charge >= 0.3 is 0 Å². The first kappa shape index (κ1) is 22.3. The maximum Gasteiger partial charge on any atom is 0.251 e. The molecule has 2 amide bonds. The second kappa shape index (κ2) is 11.1. The van der Waals surface area contributed by atoms with Crippen LogP contribution < -0.4 is 15.5 Å². The molecule has 2 aromatic rings. The quantitative estimate of drug-likeness (QED) is 0.564. The van der Waals surface area contributed by atoms with Crippen LogP contribution >= 0.6 is 11.8 Å². The number of carbonyl (C=O) groups is 2. The molecule has 30 heavy (non-hydrogen) atoms. The van der Waals surface area contributed by atoms with Gasteiger partial charge in [0.05, 0.1) is 25.3 Å². The van der Waals surface area contributed by atoms with E-state index in [1.165, 1.54) is 63.2 Å². The average Bonchev–Trinajstić information content (AvgIpc) is 2.74. The molecule has 7 heteroatoms. The van der Waals surface area contributed by atoms with Crippen LogP contribution in [-0.4, -0.2) is 38.0 Å². The number of halogens is 1. The van der Waals surface area contributed by atoms with Crippen LogP contribution in [0, 0.1) is 5.82 Å². The van der Waals surface area contributed by atoms with Gasteiger partial charge in [-0.25, -0.2) is 4.39 Å². The van der Waals surface area contributed by atoms with Crippen molar-refractivity contribution in [2.45, 2.75) is 42.4 Å².